The summed E-state index contributed by atoms with van der Waals surface area (Å²) in [6, 6.07) is 8.05. The largest absolute Gasteiger partial charge is 0.331 e. The predicted octanol–water partition coefficient (Wildman–Crippen LogP) is 2.33. The van der Waals surface area contributed by atoms with E-state index in [0.717, 1.165) is 5.56 Å². The van der Waals surface area contributed by atoms with Crippen molar-refractivity contribution in [1.82, 2.24) is 10.2 Å². The van der Waals surface area contributed by atoms with Crippen molar-refractivity contribution in [3.05, 3.63) is 35.4 Å². The number of aryl methyl sites for hydroxylation is 1. The summed E-state index contributed by atoms with van der Waals surface area (Å²) in [7, 11) is 3.47. The van der Waals surface area contributed by atoms with Gasteiger partial charge in [-0.05, 0) is 25.0 Å². The lowest BCUT2D eigenvalue weighted by molar-refractivity contribution is 0.214. The lowest BCUT2D eigenvalue weighted by atomic mass is 10.0. The van der Waals surface area contributed by atoms with Crippen LogP contribution in [0.2, 0.25) is 0 Å². The van der Waals surface area contributed by atoms with Crippen molar-refractivity contribution in [2.75, 3.05) is 14.1 Å². The van der Waals surface area contributed by atoms with E-state index in [9.17, 15) is 4.79 Å². The number of nitrogens with zero attached hydrogens (tertiary/aromatic N) is 1. The minimum absolute atomic E-state index is 0.0427. The molecule has 0 fully saturated rings. The van der Waals surface area contributed by atoms with Gasteiger partial charge in [-0.1, -0.05) is 24.3 Å². The fraction of sp³-hybridized carbons (Fsp3) is 0.417. The molecule has 3 nitrogen and oxygen atoms in total. The number of benzene rings is 1. The smallest absolute Gasteiger partial charge is 0.317 e. The molecule has 15 heavy (non-hydrogen) atoms. The van der Waals surface area contributed by atoms with Crippen LogP contribution in [0.4, 0.5) is 4.79 Å². The molecule has 1 aromatic carbocycles. The standard InChI is InChI=1S/C12H18N2O/c1-9-7-5-6-8-11(9)10(2)13-12(15)14(3)4/h5-8,10H,1-4H3,(H,13,15). The van der Waals surface area contributed by atoms with Crippen LogP contribution in [0.5, 0.6) is 0 Å². The molecule has 0 saturated carbocycles. The predicted molar refractivity (Wildman–Crippen MR) is 61.8 cm³/mol. The summed E-state index contributed by atoms with van der Waals surface area (Å²) in [5.41, 5.74) is 2.36. The van der Waals surface area contributed by atoms with Gasteiger partial charge in [-0.25, -0.2) is 4.79 Å². The molecule has 0 bridgehead atoms. The SMILES string of the molecule is Cc1ccccc1C(C)NC(=O)N(C)C. The van der Waals surface area contributed by atoms with E-state index in [1.165, 1.54) is 10.5 Å². The molecule has 2 amide bonds. The van der Waals surface area contributed by atoms with Crippen LogP contribution in [0, 0.1) is 6.92 Å². The van der Waals surface area contributed by atoms with E-state index in [-0.39, 0.29) is 12.1 Å². The molecular weight excluding hydrogens is 188 g/mol. The fourth-order valence-electron chi connectivity index (χ4n) is 1.46. The molecule has 1 unspecified atom stereocenters. The fourth-order valence-corrected chi connectivity index (χ4v) is 1.46. The molecule has 0 heterocycles. The summed E-state index contributed by atoms with van der Waals surface area (Å²) in [6.07, 6.45) is 0. The zero-order chi connectivity index (χ0) is 11.4. The molecule has 1 N–H and O–H groups in total. The number of carbonyl (C=O) groups is 1. The van der Waals surface area contributed by atoms with E-state index < -0.39 is 0 Å². The van der Waals surface area contributed by atoms with E-state index in [1.54, 1.807) is 14.1 Å². The van der Waals surface area contributed by atoms with Crippen LogP contribution in [0.25, 0.3) is 0 Å². The molecule has 1 aromatic rings. The number of carbonyl (C=O) groups excluding carboxylic acids is 1. The van der Waals surface area contributed by atoms with E-state index in [1.807, 2.05) is 38.1 Å². The Bertz CT molecular complexity index is 347. The van der Waals surface area contributed by atoms with E-state index in [0.29, 0.717) is 0 Å². The van der Waals surface area contributed by atoms with Crippen LogP contribution in [0.15, 0.2) is 24.3 Å². The minimum Gasteiger partial charge on any atom is -0.331 e. The molecular formula is C12H18N2O. The van der Waals surface area contributed by atoms with Gasteiger partial charge in [0.2, 0.25) is 0 Å². The second-order valence-corrected chi connectivity index (χ2v) is 3.92. The molecule has 0 spiro atoms. The summed E-state index contributed by atoms with van der Waals surface area (Å²) >= 11 is 0. The van der Waals surface area contributed by atoms with E-state index >= 15 is 0 Å². The number of hydrogen-bond donors (Lipinski definition) is 1. The highest BCUT2D eigenvalue weighted by Crippen LogP contribution is 2.16. The molecule has 0 aliphatic heterocycles. The van der Waals surface area contributed by atoms with Crippen molar-refractivity contribution in [1.29, 1.82) is 0 Å². The van der Waals surface area contributed by atoms with Gasteiger partial charge in [0, 0.05) is 14.1 Å². The molecule has 0 aromatic heterocycles. The van der Waals surface area contributed by atoms with Gasteiger partial charge in [-0.2, -0.15) is 0 Å². The highest BCUT2D eigenvalue weighted by Gasteiger charge is 2.11. The van der Waals surface area contributed by atoms with Gasteiger partial charge < -0.3 is 10.2 Å². The summed E-state index contributed by atoms with van der Waals surface area (Å²) in [4.78, 5) is 13.0. The zero-order valence-corrected chi connectivity index (χ0v) is 9.74. The Hall–Kier alpha value is -1.51. The first-order chi connectivity index (χ1) is 7.02. The lowest BCUT2D eigenvalue weighted by Crippen LogP contribution is -2.36. The first kappa shape index (κ1) is 11.6. The van der Waals surface area contributed by atoms with Crippen molar-refractivity contribution in [3.8, 4) is 0 Å². The van der Waals surface area contributed by atoms with Crippen molar-refractivity contribution >= 4 is 6.03 Å². The minimum atomic E-state index is -0.0641. The van der Waals surface area contributed by atoms with Crippen molar-refractivity contribution < 1.29 is 4.79 Å². The third-order valence-corrected chi connectivity index (χ3v) is 2.40. The topological polar surface area (TPSA) is 32.3 Å². The van der Waals surface area contributed by atoms with Crippen LogP contribution in [0.1, 0.15) is 24.1 Å². The Labute approximate surface area is 91.1 Å². The van der Waals surface area contributed by atoms with Gasteiger partial charge in [0.15, 0.2) is 0 Å². The van der Waals surface area contributed by atoms with Crippen LogP contribution in [-0.4, -0.2) is 25.0 Å². The van der Waals surface area contributed by atoms with Gasteiger partial charge in [-0.15, -0.1) is 0 Å². The van der Waals surface area contributed by atoms with Crippen molar-refractivity contribution in [2.45, 2.75) is 19.9 Å². The zero-order valence-electron chi connectivity index (χ0n) is 9.74. The Kier molecular flexibility index (Phi) is 3.72. The Morgan fingerprint density at radius 1 is 1.33 bits per heavy atom. The van der Waals surface area contributed by atoms with Gasteiger partial charge in [0.1, 0.15) is 0 Å². The monoisotopic (exact) mass is 206 g/mol. The number of rotatable bonds is 2. The second-order valence-electron chi connectivity index (χ2n) is 3.92. The number of amides is 2. The normalized spacial score (nSPS) is 12.0. The van der Waals surface area contributed by atoms with E-state index in [4.69, 9.17) is 0 Å². The third-order valence-electron chi connectivity index (χ3n) is 2.40. The quantitative estimate of drug-likeness (QED) is 0.791. The van der Waals surface area contributed by atoms with Crippen LogP contribution in [-0.2, 0) is 0 Å². The van der Waals surface area contributed by atoms with Gasteiger partial charge in [0.25, 0.3) is 0 Å². The number of hydrogen-bond acceptors (Lipinski definition) is 1. The number of nitrogens with one attached hydrogen (secondary N) is 1. The molecule has 0 aliphatic rings. The maximum absolute atomic E-state index is 11.5. The first-order valence-corrected chi connectivity index (χ1v) is 5.05. The van der Waals surface area contributed by atoms with Crippen LogP contribution in [0.3, 0.4) is 0 Å². The molecule has 82 valence electrons. The van der Waals surface area contributed by atoms with Crippen LogP contribution >= 0.6 is 0 Å². The molecule has 0 saturated heterocycles. The maximum atomic E-state index is 11.5. The Morgan fingerprint density at radius 2 is 1.93 bits per heavy atom. The highest BCUT2D eigenvalue weighted by atomic mass is 16.2. The molecule has 3 heteroatoms. The molecule has 1 atom stereocenters. The summed E-state index contributed by atoms with van der Waals surface area (Å²) in [5, 5.41) is 2.92. The second kappa shape index (κ2) is 4.82. The first-order valence-electron chi connectivity index (χ1n) is 5.05. The van der Waals surface area contributed by atoms with Gasteiger partial charge in [0.05, 0.1) is 6.04 Å². The molecule has 0 radical (unpaired) electrons. The van der Waals surface area contributed by atoms with Crippen LogP contribution < -0.4 is 5.32 Å². The highest BCUT2D eigenvalue weighted by molar-refractivity contribution is 5.74. The maximum Gasteiger partial charge on any atom is 0.317 e. The van der Waals surface area contributed by atoms with E-state index in [2.05, 4.69) is 5.32 Å². The summed E-state index contributed by atoms with van der Waals surface area (Å²) < 4.78 is 0. The summed E-state index contributed by atoms with van der Waals surface area (Å²) in [5.74, 6) is 0. The van der Waals surface area contributed by atoms with Gasteiger partial charge >= 0.3 is 6.03 Å². The average Bonchev–Trinajstić information content (AvgIpc) is 2.18. The molecule has 1 rings (SSSR count). The average molecular weight is 206 g/mol. The lowest BCUT2D eigenvalue weighted by Gasteiger charge is -2.19. The third kappa shape index (κ3) is 2.98. The van der Waals surface area contributed by atoms with Crippen molar-refractivity contribution in [3.63, 3.8) is 0 Å². The summed E-state index contributed by atoms with van der Waals surface area (Å²) in [6.45, 7) is 4.04. The Balaban J connectivity index is 2.73. The molecule has 0 aliphatic carbocycles. The number of urea groups is 1. The Morgan fingerprint density at radius 3 is 2.47 bits per heavy atom. The van der Waals surface area contributed by atoms with Crippen molar-refractivity contribution in [2.24, 2.45) is 0 Å². The van der Waals surface area contributed by atoms with Gasteiger partial charge in [-0.3, -0.25) is 0 Å².